The van der Waals surface area contributed by atoms with E-state index >= 15 is 0 Å². The number of benzene rings is 2. The van der Waals surface area contributed by atoms with E-state index in [1.807, 2.05) is 45.0 Å². The van der Waals surface area contributed by atoms with Gasteiger partial charge in [-0.15, -0.1) is 0 Å². The number of hydrogen-bond donors (Lipinski definition) is 2. The third-order valence-corrected chi connectivity index (χ3v) is 10.7. The highest BCUT2D eigenvalue weighted by Gasteiger charge is 2.48. The molecule has 0 amide bonds. The van der Waals surface area contributed by atoms with Crippen LogP contribution in [0.25, 0.3) is 22.0 Å². The number of nitrogens with one attached hydrogen (secondary N) is 1. The summed E-state index contributed by atoms with van der Waals surface area (Å²) >= 11 is 12.7. The fourth-order valence-corrected chi connectivity index (χ4v) is 7.43. The fourth-order valence-electron chi connectivity index (χ4n) is 6.08. The first kappa shape index (κ1) is 27.5. The van der Waals surface area contributed by atoms with Gasteiger partial charge in [0.1, 0.15) is 11.6 Å². The first-order chi connectivity index (χ1) is 19.1. The van der Waals surface area contributed by atoms with E-state index in [0.717, 1.165) is 60.2 Å². The van der Waals surface area contributed by atoms with E-state index in [4.69, 9.17) is 38.9 Å². The highest BCUT2D eigenvalue weighted by Crippen LogP contribution is 2.52. The lowest BCUT2D eigenvalue weighted by Gasteiger charge is -2.44. The zero-order valence-corrected chi connectivity index (χ0v) is 25.2. The summed E-state index contributed by atoms with van der Waals surface area (Å²) in [4.78, 5) is 11.8. The summed E-state index contributed by atoms with van der Waals surface area (Å²) < 4.78 is 16.4. The van der Waals surface area contributed by atoms with Crippen molar-refractivity contribution in [2.75, 3.05) is 23.7 Å². The van der Waals surface area contributed by atoms with Crippen LogP contribution in [-0.2, 0) is 17.4 Å². The van der Waals surface area contributed by atoms with Crippen LogP contribution in [0.1, 0.15) is 50.8 Å². The number of anilines is 2. The molecule has 4 aromatic rings. The third kappa shape index (κ3) is 4.87. The van der Waals surface area contributed by atoms with Gasteiger partial charge in [-0.05, 0) is 68.7 Å². The van der Waals surface area contributed by atoms with Crippen molar-refractivity contribution in [3.63, 3.8) is 0 Å². The molecular formula is C31H33Cl2N5OS. The summed E-state index contributed by atoms with van der Waals surface area (Å²) in [6, 6.07) is 18.2. The molecule has 6 nitrogen and oxygen atoms in total. The summed E-state index contributed by atoms with van der Waals surface area (Å²) in [7, 11) is -1.16. The second-order valence-electron chi connectivity index (χ2n) is 11.9. The van der Waals surface area contributed by atoms with Crippen LogP contribution in [0.4, 0.5) is 11.6 Å². The molecule has 6 rings (SSSR count). The normalized spacial score (nSPS) is 19.2. The van der Waals surface area contributed by atoms with Crippen LogP contribution in [0, 0.1) is 5.41 Å². The molecule has 9 heteroatoms. The zero-order valence-electron chi connectivity index (χ0n) is 22.9. The number of aromatic nitrogens is 2. The quantitative estimate of drug-likeness (QED) is 0.263. The predicted octanol–water partition coefficient (Wildman–Crippen LogP) is 7.12. The summed E-state index contributed by atoms with van der Waals surface area (Å²) in [6.45, 7) is 7.72. The number of nitrogens with two attached hydrogens (primary N) is 1. The molecule has 1 aliphatic carbocycles. The predicted molar refractivity (Wildman–Crippen MR) is 167 cm³/mol. The largest absolute Gasteiger partial charge is 0.383 e. The lowest BCUT2D eigenvalue weighted by Crippen LogP contribution is -2.48. The van der Waals surface area contributed by atoms with Crippen molar-refractivity contribution in [2.24, 2.45) is 5.41 Å². The third-order valence-electron chi connectivity index (χ3n) is 8.34. The van der Waals surface area contributed by atoms with Crippen molar-refractivity contribution in [3.05, 3.63) is 82.0 Å². The minimum absolute atomic E-state index is 0.00681. The molecule has 2 aromatic carbocycles. The summed E-state index contributed by atoms with van der Waals surface area (Å²) in [5.41, 5.74) is 11.6. The maximum Gasteiger partial charge on any atom is 0.135 e. The zero-order chi connectivity index (χ0) is 28.2. The molecule has 0 radical (unpaired) electrons. The molecule has 2 aromatic heterocycles. The first-order valence-electron chi connectivity index (χ1n) is 13.6. The number of piperidine rings is 1. The minimum atomic E-state index is -1.16. The van der Waals surface area contributed by atoms with Crippen molar-refractivity contribution in [1.29, 1.82) is 0 Å². The van der Waals surface area contributed by atoms with Crippen molar-refractivity contribution < 1.29 is 4.21 Å². The van der Waals surface area contributed by atoms with Gasteiger partial charge in [-0.1, -0.05) is 59.6 Å². The fraction of sp³-hybridized carbons (Fsp3) is 0.355. The number of nitrogen functional groups attached to an aromatic ring is 1. The standard InChI is InChI=1S/C31H33Cl2N5OS/c1-30(2,3)40(39)37-28-22-8-5-4-7-19(22)17-31(28)11-13-38(14-12-31)26-16-25-23(29(34)36-26)15-20(18-35-25)21-9-6-10-24(32)27(21)33/h4-10,15-16,18,28,37H,11-14,17H2,1-3H3,(H2,34,36)/t28-,40?/m1/s1. The number of nitrogens with zero attached hydrogens (tertiary/aromatic N) is 3. The van der Waals surface area contributed by atoms with E-state index in [-0.39, 0.29) is 16.2 Å². The average molecular weight is 595 g/mol. The Morgan fingerprint density at radius 1 is 1.07 bits per heavy atom. The number of pyridine rings is 2. The molecule has 1 unspecified atom stereocenters. The first-order valence-corrected chi connectivity index (χ1v) is 15.5. The lowest BCUT2D eigenvalue weighted by molar-refractivity contribution is 0.177. The molecule has 3 N–H and O–H groups in total. The number of rotatable bonds is 4. The summed E-state index contributed by atoms with van der Waals surface area (Å²) in [5.74, 6) is 1.27. The molecule has 0 saturated carbocycles. The van der Waals surface area contributed by atoms with Gasteiger partial charge in [0.15, 0.2) is 0 Å². The van der Waals surface area contributed by atoms with Crippen molar-refractivity contribution in [1.82, 2.24) is 14.7 Å². The number of halogens is 2. The summed E-state index contributed by atoms with van der Waals surface area (Å²) in [6.07, 6.45) is 4.70. The Kier molecular flexibility index (Phi) is 7.06. The van der Waals surface area contributed by atoms with Crippen LogP contribution >= 0.6 is 23.2 Å². The van der Waals surface area contributed by atoms with E-state index in [9.17, 15) is 4.21 Å². The molecule has 208 valence electrons. The van der Waals surface area contributed by atoms with Gasteiger partial charge in [-0.3, -0.25) is 4.98 Å². The Morgan fingerprint density at radius 2 is 1.82 bits per heavy atom. The molecule has 1 saturated heterocycles. The van der Waals surface area contributed by atoms with E-state index in [1.165, 1.54) is 11.1 Å². The van der Waals surface area contributed by atoms with Crippen molar-refractivity contribution in [2.45, 2.75) is 50.8 Å². The van der Waals surface area contributed by atoms with Gasteiger partial charge in [0.05, 0.1) is 37.3 Å². The molecular weight excluding hydrogens is 561 g/mol. The Morgan fingerprint density at radius 3 is 2.58 bits per heavy atom. The van der Waals surface area contributed by atoms with Gasteiger partial charge in [0.25, 0.3) is 0 Å². The van der Waals surface area contributed by atoms with Gasteiger partial charge in [-0.25, -0.2) is 13.9 Å². The smallest absolute Gasteiger partial charge is 0.135 e. The average Bonchev–Trinajstić information content (AvgIpc) is 3.22. The Labute approximate surface area is 247 Å². The van der Waals surface area contributed by atoms with Crippen LogP contribution < -0.4 is 15.4 Å². The van der Waals surface area contributed by atoms with E-state index in [0.29, 0.717) is 15.9 Å². The highest BCUT2D eigenvalue weighted by molar-refractivity contribution is 7.84. The molecule has 0 bridgehead atoms. The van der Waals surface area contributed by atoms with Crippen LogP contribution in [0.5, 0.6) is 0 Å². The van der Waals surface area contributed by atoms with E-state index in [2.05, 4.69) is 33.9 Å². The van der Waals surface area contributed by atoms with Crippen LogP contribution in [0.2, 0.25) is 10.0 Å². The topological polar surface area (TPSA) is 84.1 Å². The van der Waals surface area contributed by atoms with Gasteiger partial charge in [-0.2, -0.15) is 0 Å². The number of fused-ring (bicyclic) bond motifs is 2. The van der Waals surface area contributed by atoms with Gasteiger partial charge < -0.3 is 10.6 Å². The van der Waals surface area contributed by atoms with Gasteiger partial charge in [0.2, 0.25) is 0 Å². The maximum atomic E-state index is 13.2. The van der Waals surface area contributed by atoms with Gasteiger partial charge in [0, 0.05) is 41.9 Å². The van der Waals surface area contributed by atoms with Crippen LogP contribution in [0.3, 0.4) is 0 Å². The summed E-state index contributed by atoms with van der Waals surface area (Å²) in [5, 5.41) is 1.77. The molecule has 3 heterocycles. The minimum Gasteiger partial charge on any atom is -0.383 e. The lowest BCUT2D eigenvalue weighted by atomic mass is 9.73. The number of hydrogen-bond acceptors (Lipinski definition) is 5. The molecule has 1 fully saturated rings. The van der Waals surface area contributed by atoms with E-state index < -0.39 is 11.0 Å². The Balaban J connectivity index is 1.26. The SMILES string of the molecule is CC(C)(C)S(=O)N[C@@H]1c2ccccc2CC12CCN(c1cc3ncc(-c4cccc(Cl)c4Cl)cc3c(N)n1)CC2. The van der Waals surface area contributed by atoms with Gasteiger partial charge >= 0.3 is 0 Å². The van der Waals surface area contributed by atoms with Crippen LogP contribution in [0.15, 0.2) is 60.8 Å². The highest BCUT2D eigenvalue weighted by atomic mass is 35.5. The second kappa shape index (κ2) is 10.3. The molecule has 1 spiro atoms. The van der Waals surface area contributed by atoms with Crippen molar-refractivity contribution >= 4 is 56.7 Å². The van der Waals surface area contributed by atoms with Crippen LogP contribution in [-0.4, -0.2) is 32.0 Å². The van der Waals surface area contributed by atoms with Crippen molar-refractivity contribution in [3.8, 4) is 11.1 Å². The maximum absolute atomic E-state index is 13.2. The molecule has 1 aliphatic heterocycles. The molecule has 2 aliphatic rings. The molecule has 40 heavy (non-hydrogen) atoms. The monoisotopic (exact) mass is 593 g/mol. The second-order valence-corrected chi connectivity index (χ2v) is 14.7. The Bertz CT molecular complexity index is 1630. The van der Waals surface area contributed by atoms with E-state index in [1.54, 1.807) is 12.3 Å². The Hall–Kier alpha value is -2.71. The molecule has 2 atom stereocenters.